The summed E-state index contributed by atoms with van der Waals surface area (Å²) in [6.45, 7) is 2.86. The third kappa shape index (κ3) is 3.40. The number of fused-ring (bicyclic) bond motifs is 1. The maximum Gasteiger partial charge on any atom is 0.123 e. The average Bonchev–Trinajstić information content (AvgIpc) is 2.84. The van der Waals surface area contributed by atoms with E-state index < -0.39 is 10.8 Å². The number of hydrogen-bond acceptors (Lipinski definition) is 4. The molecule has 0 saturated carbocycles. The van der Waals surface area contributed by atoms with E-state index in [0.29, 0.717) is 6.04 Å². The molecule has 0 amide bonds. The third-order valence-electron chi connectivity index (χ3n) is 4.27. The highest BCUT2D eigenvalue weighted by Gasteiger charge is 2.22. The third-order valence-corrected chi connectivity index (χ3v) is 5.65. The largest absolute Gasteiger partial charge is 0.496 e. The van der Waals surface area contributed by atoms with Gasteiger partial charge in [-0.15, -0.1) is 0 Å². The molecule has 0 aromatic heterocycles. The van der Waals surface area contributed by atoms with Crippen LogP contribution in [0.4, 0.5) is 0 Å². The number of nitrogens with one attached hydrogen (secondary N) is 1. The molecule has 1 fully saturated rings. The summed E-state index contributed by atoms with van der Waals surface area (Å²) in [5, 5.41) is 3.57. The molecule has 2 aliphatic heterocycles. The summed E-state index contributed by atoms with van der Waals surface area (Å²) < 4.78 is 22.7. The summed E-state index contributed by atoms with van der Waals surface area (Å²) in [4.78, 5) is 0. The van der Waals surface area contributed by atoms with Crippen LogP contribution in [0.25, 0.3) is 0 Å². The lowest BCUT2D eigenvalue weighted by Crippen LogP contribution is -2.35. The molecule has 1 unspecified atom stereocenters. The van der Waals surface area contributed by atoms with E-state index in [9.17, 15) is 4.21 Å². The minimum absolute atomic E-state index is 0.251. The molecule has 1 aromatic rings. The Morgan fingerprint density at radius 2 is 2.14 bits per heavy atom. The monoisotopic (exact) mass is 309 g/mol. The summed E-state index contributed by atoms with van der Waals surface area (Å²) in [7, 11) is 1.11. The summed E-state index contributed by atoms with van der Waals surface area (Å²) in [5.41, 5.74) is 2.37. The van der Waals surface area contributed by atoms with Crippen LogP contribution in [0.2, 0.25) is 0 Å². The van der Waals surface area contributed by atoms with Gasteiger partial charge >= 0.3 is 0 Å². The van der Waals surface area contributed by atoms with Crippen molar-refractivity contribution in [1.82, 2.24) is 5.32 Å². The van der Waals surface area contributed by atoms with Crippen molar-refractivity contribution in [3.8, 4) is 11.5 Å². The molecule has 2 heterocycles. The van der Waals surface area contributed by atoms with Crippen LogP contribution < -0.4 is 14.8 Å². The lowest BCUT2D eigenvalue weighted by atomic mass is 10.1. The normalized spacial score (nSPS) is 28.0. The van der Waals surface area contributed by atoms with Gasteiger partial charge in [-0.05, 0) is 31.9 Å². The van der Waals surface area contributed by atoms with Crippen LogP contribution >= 0.6 is 0 Å². The quantitative estimate of drug-likeness (QED) is 0.924. The Morgan fingerprint density at radius 3 is 2.86 bits per heavy atom. The van der Waals surface area contributed by atoms with Gasteiger partial charge in [-0.2, -0.15) is 0 Å². The fourth-order valence-corrected chi connectivity index (χ4v) is 4.36. The van der Waals surface area contributed by atoms with Crippen molar-refractivity contribution in [1.29, 1.82) is 0 Å². The van der Waals surface area contributed by atoms with Gasteiger partial charge in [0.15, 0.2) is 0 Å². The Bertz CT molecular complexity index is 537. The van der Waals surface area contributed by atoms with Crippen molar-refractivity contribution in [2.45, 2.75) is 44.9 Å². The van der Waals surface area contributed by atoms with Crippen molar-refractivity contribution >= 4 is 10.8 Å². The molecular formula is C16H23NO3S. The van der Waals surface area contributed by atoms with Gasteiger partial charge in [-0.1, -0.05) is 0 Å². The SMILES string of the molecule is COc1cc2c(cc1CNC1CCS(=O)CC1)OC(C)C2. The number of benzene rings is 1. The van der Waals surface area contributed by atoms with Crippen molar-refractivity contribution in [2.75, 3.05) is 18.6 Å². The van der Waals surface area contributed by atoms with E-state index in [2.05, 4.69) is 24.4 Å². The average molecular weight is 309 g/mol. The Morgan fingerprint density at radius 1 is 1.38 bits per heavy atom. The lowest BCUT2D eigenvalue weighted by molar-refractivity contribution is 0.254. The van der Waals surface area contributed by atoms with Crippen LogP contribution in [0.1, 0.15) is 30.9 Å². The van der Waals surface area contributed by atoms with Crippen LogP contribution in [0.15, 0.2) is 12.1 Å². The Kier molecular flexibility index (Phi) is 4.50. The van der Waals surface area contributed by atoms with Crippen molar-refractivity contribution < 1.29 is 13.7 Å². The maximum atomic E-state index is 11.4. The molecule has 0 bridgehead atoms. The zero-order valence-corrected chi connectivity index (χ0v) is 13.5. The predicted octanol–water partition coefficient (Wildman–Crippen LogP) is 2.02. The fraction of sp³-hybridized carbons (Fsp3) is 0.625. The second-order valence-electron chi connectivity index (χ2n) is 5.91. The molecular weight excluding hydrogens is 286 g/mol. The predicted molar refractivity (Wildman–Crippen MR) is 84.5 cm³/mol. The van der Waals surface area contributed by atoms with E-state index in [-0.39, 0.29) is 6.10 Å². The maximum absolute atomic E-state index is 11.4. The Balaban J connectivity index is 1.67. The molecule has 21 heavy (non-hydrogen) atoms. The van der Waals surface area contributed by atoms with Gasteiger partial charge in [0, 0.05) is 52.4 Å². The topological polar surface area (TPSA) is 47.6 Å². The summed E-state index contributed by atoms with van der Waals surface area (Å²) in [6, 6.07) is 4.66. The van der Waals surface area contributed by atoms with Gasteiger partial charge in [0.05, 0.1) is 7.11 Å². The smallest absolute Gasteiger partial charge is 0.123 e. The minimum atomic E-state index is -0.604. The van der Waals surface area contributed by atoms with Gasteiger partial charge in [0.1, 0.15) is 17.6 Å². The molecule has 1 atom stereocenters. The molecule has 4 nitrogen and oxygen atoms in total. The van der Waals surface area contributed by atoms with Crippen molar-refractivity contribution in [3.05, 3.63) is 23.3 Å². The molecule has 0 spiro atoms. The van der Waals surface area contributed by atoms with Crippen molar-refractivity contribution in [3.63, 3.8) is 0 Å². The van der Waals surface area contributed by atoms with E-state index in [1.165, 1.54) is 5.56 Å². The highest BCUT2D eigenvalue weighted by Crippen LogP contribution is 2.35. The van der Waals surface area contributed by atoms with Gasteiger partial charge in [0.2, 0.25) is 0 Å². The molecule has 116 valence electrons. The molecule has 3 rings (SSSR count). The standard InChI is InChI=1S/C16H23NO3S/c1-11-7-12-8-15(19-2)13(9-16(12)20-11)10-17-14-3-5-21(18)6-4-14/h8-9,11,14,17H,3-7,10H2,1-2H3. The van der Waals surface area contributed by atoms with E-state index in [0.717, 1.165) is 54.4 Å². The Labute approximate surface area is 128 Å². The molecule has 0 radical (unpaired) electrons. The van der Waals surface area contributed by atoms with Gasteiger partial charge in [-0.25, -0.2) is 0 Å². The van der Waals surface area contributed by atoms with Crippen LogP contribution in [-0.2, 0) is 23.8 Å². The summed E-state index contributed by atoms with van der Waals surface area (Å²) >= 11 is 0. The van der Waals surface area contributed by atoms with Crippen molar-refractivity contribution in [2.24, 2.45) is 0 Å². The zero-order chi connectivity index (χ0) is 14.8. The summed E-state index contributed by atoms with van der Waals surface area (Å²) in [5.74, 6) is 3.56. The fourth-order valence-electron chi connectivity index (χ4n) is 3.06. The minimum Gasteiger partial charge on any atom is -0.496 e. The van der Waals surface area contributed by atoms with E-state index in [1.807, 2.05) is 0 Å². The Hall–Kier alpha value is -1.07. The molecule has 5 heteroatoms. The first kappa shape index (κ1) is 14.9. The highest BCUT2D eigenvalue weighted by molar-refractivity contribution is 7.85. The van der Waals surface area contributed by atoms with Crippen LogP contribution in [0, 0.1) is 0 Å². The number of hydrogen-bond donors (Lipinski definition) is 1. The molecule has 1 N–H and O–H groups in total. The lowest BCUT2D eigenvalue weighted by Gasteiger charge is -2.23. The molecule has 2 aliphatic rings. The van der Waals surface area contributed by atoms with E-state index in [1.54, 1.807) is 7.11 Å². The summed E-state index contributed by atoms with van der Waals surface area (Å²) in [6.07, 6.45) is 3.19. The van der Waals surface area contributed by atoms with E-state index >= 15 is 0 Å². The van der Waals surface area contributed by atoms with Gasteiger partial charge in [-0.3, -0.25) is 4.21 Å². The first-order chi connectivity index (χ1) is 10.2. The second kappa shape index (κ2) is 6.36. The first-order valence-corrected chi connectivity index (χ1v) is 9.09. The van der Waals surface area contributed by atoms with Gasteiger partial charge < -0.3 is 14.8 Å². The molecule has 0 aliphatic carbocycles. The van der Waals surface area contributed by atoms with Crippen LogP contribution in [0.5, 0.6) is 11.5 Å². The van der Waals surface area contributed by atoms with Gasteiger partial charge in [0.25, 0.3) is 0 Å². The molecule has 1 aromatic carbocycles. The first-order valence-electron chi connectivity index (χ1n) is 7.60. The highest BCUT2D eigenvalue weighted by atomic mass is 32.2. The number of rotatable bonds is 4. The van der Waals surface area contributed by atoms with E-state index in [4.69, 9.17) is 9.47 Å². The second-order valence-corrected chi connectivity index (χ2v) is 7.60. The van der Waals surface area contributed by atoms with Crippen LogP contribution in [-0.4, -0.2) is 35.0 Å². The number of ether oxygens (including phenoxy) is 2. The number of methoxy groups -OCH3 is 1. The van der Waals surface area contributed by atoms with Crippen LogP contribution in [0.3, 0.4) is 0 Å². The zero-order valence-electron chi connectivity index (χ0n) is 12.7. The molecule has 1 saturated heterocycles.